The number of rotatable bonds is 3. The maximum absolute atomic E-state index is 13.9. The van der Waals surface area contributed by atoms with Crippen molar-refractivity contribution >= 4 is 0 Å². The molecular weight excluding hydrogens is 217 g/mol. The van der Waals surface area contributed by atoms with E-state index in [4.69, 9.17) is 4.74 Å². The van der Waals surface area contributed by atoms with Gasteiger partial charge in [0.25, 0.3) is 0 Å². The van der Waals surface area contributed by atoms with E-state index in [1.54, 1.807) is 7.11 Å². The molecule has 1 aromatic rings. The van der Waals surface area contributed by atoms with Gasteiger partial charge in [-0.1, -0.05) is 0 Å². The summed E-state index contributed by atoms with van der Waals surface area (Å²) in [6, 6.07) is 3.42. The van der Waals surface area contributed by atoms with E-state index in [2.05, 4.69) is 5.32 Å². The highest BCUT2D eigenvalue weighted by Gasteiger charge is 2.16. The summed E-state index contributed by atoms with van der Waals surface area (Å²) in [5, 5.41) is 3.36. The van der Waals surface area contributed by atoms with Gasteiger partial charge in [-0.2, -0.15) is 0 Å². The molecule has 0 spiro atoms. The lowest BCUT2D eigenvalue weighted by Crippen LogP contribution is -2.31. The van der Waals surface area contributed by atoms with Crippen molar-refractivity contribution in [1.82, 2.24) is 5.32 Å². The summed E-state index contributed by atoms with van der Waals surface area (Å²) in [6.07, 6.45) is 3.21. The van der Waals surface area contributed by atoms with Crippen LogP contribution in [0.25, 0.3) is 0 Å². The Kier molecular flexibility index (Phi) is 4.00. The van der Waals surface area contributed by atoms with E-state index < -0.39 is 0 Å². The molecule has 17 heavy (non-hydrogen) atoms. The quantitative estimate of drug-likeness (QED) is 0.872. The predicted octanol–water partition coefficient (Wildman–Crippen LogP) is 2.68. The molecule has 0 aromatic heterocycles. The maximum atomic E-state index is 13.9. The summed E-state index contributed by atoms with van der Waals surface area (Å²) >= 11 is 0. The number of benzene rings is 1. The first-order valence-corrected chi connectivity index (χ1v) is 6.24. The van der Waals surface area contributed by atoms with Crippen LogP contribution in [-0.4, -0.2) is 20.2 Å². The normalized spacial score (nSPS) is 20.3. The predicted molar refractivity (Wildman–Crippen MR) is 67.0 cm³/mol. The van der Waals surface area contributed by atoms with Crippen LogP contribution in [0.4, 0.5) is 4.39 Å². The van der Waals surface area contributed by atoms with E-state index in [1.165, 1.54) is 18.9 Å². The average Bonchev–Trinajstić information content (AvgIpc) is 2.34. The van der Waals surface area contributed by atoms with Gasteiger partial charge < -0.3 is 10.1 Å². The Hall–Kier alpha value is -1.09. The van der Waals surface area contributed by atoms with Gasteiger partial charge in [-0.15, -0.1) is 0 Å². The molecule has 1 unspecified atom stereocenters. The smallest absolute Gasteiger partial charge is 0.130 e. The van der Waals surface area contributed by atoms with Gasteiger partial charge >= 0.3 is 0 Å². The van der Waals surface area contributed by atoms with Crippen LogP contribution in [0, 0.1) is 18.7 Å². The molecule has 94 valence electrons. The molecule has 1 aromatic carbocycles. The molecule has 1 heterocycles. The third-order valence-electron chi connectivity index (χ3n) is 3.47. The van der Waals surface area contributed by atoms with Gasteiger partial charge in [-0.25, -0.2) is 4.39 Å². The van der Waals surface area contributed by atoms with Gasteiger partial charge in [-0.3, -0.25) is 0 Å². The zero-order valence-corrected chi connectivity index (χ0v) is 10.6. The Balaban J connectivity index is 2.12. The summed E-state index contributed by atoms with van der Waals surface area (Å²) in [4.78, 5) is 0. The van der Waals surface area contributed by atoms with Crippen molar-refractivity contribution in [2.45, 2.75) is 26.2 Å². The first-order chi connectivity index (χ1) is 8.20. The Labute approximate surface area is 102 Å². The number of hydrogen-bond acceptors (Lipinski definition) is 2. The first kappa shape index (κ1) is 12.4. The number of ether oxygens (including phenoxy) is 1. The lowest BCUT2D eigenvalue weighted by atomic mass is 9.91. The highest BCUT2D eigenvalue weighted by Crippen LogP contribution is 2.25. The molecule has 1 fully saturated rings. The summed E-state index contributed by atoms with van der Waals surface area (Å²) < 4.78 is 19.0. The Bertz CT molecular complexity index is 386. The minimum Gasteiger partial charge on any atom is -0.496 e. The summed E-state index contributed by atoms with van der Waals surface area (Å²) in [7, 11) is 1.58. The fourth-order valence-electron chi connectivity index (χ4n) is 2.51. The van der Waals surface area contributed by atoms with Crippen molar-refractivity contribution in [3.8, 4) is 5.75 Å². The van der Waals surface area contributed by atoms with E-state index in [9.17, 15) is 4.39 Å². The first-order valence-electron chi connectivity index (χ1n) is 6.24. The fourth-order valence-corrected chi connectivity index (χ4v) is 2.51. The standard InChI is InChI=1S/C14H20FNO/c1-10-6-12(13(15)8-14(10)17-2)7-11-4-3-5-16-9-11/h6,8,11,16H,3-5,7,9H2,1-2H3. The zero-order chi connectivity index (χ0) is 12.3. The number of piperidine rings is 1. The fraction of sp³-hybridized carbons (Fsp3) is 0.571. The van der Waals surface area contributed by atoms with E-state index in [-0.39, 0.29) is 5.82 Å². The lowest BCUT2D eigenvalue weighted by molar-refractivity contribution is 0.370. The van der Waals surface area contributed by atoms with Crippen molar-refractivity contribution < 1.29 is 9.13 Å². The minimum absolute atomic E-state index is 0.141. The van der Waals surface area contributed by atoms with Gasteiger partial charge in [0.2, 0.25) is 0 Å². The van der Waals surface area contributed by atoms with Crippen LogP contribution in [-0.2, 0) is 6.42 Å². The molecule has 0 amide bonds. The second kappa shape index (κ2) is 5.50. The van der Waals surface area contributed by atoms with Crippen molar-refractivity contribution in [2.75, 3.05) is 20.2 Å². The van der Waals surface area contributed by atoms with Gasteiger partial charge in [0, 0.05) is 6.07 Å². The van der Waals surface area contributed by atoms with Crippen LogP contribution in [0.2, 0.25) is 0 Å². The molecule has 0 bridgehead atoms. The van der Waals surface area contributed by atoms with Gasteiger partial charge in [-0.05, 0) is 62.4 Å². The Morgan fingerprint density at radius 3 is 2.94 bits per heavy atom. The highest BCUT2D eigenvalue weighted by atomic mass is 19.1. The van der Waals surface area contributed by atoms with Crippen molar-refractivity contribution in [2.24, 2.45) is 5.92 Å². The molecule has 2 rings (SSSR count). The van der Waals surface area contributed by atoms with Crippen molar-refractivity contribution in [1.29, 1.82) is 0 Å². The topological polar surface area (TPSA) is 21.3 Å². The second-order valence-corrected chi connectivity index (χ2v) is 4.83. The largest absolute Gasteiger partial charge is 0.496 e. The molecule has 0 saturated carbocycles. The van der Waals surface area contributed by atoms with Crippen LogP contribution in [0.1, 0.15) is 24.0 Å². The van der Waals surface area contributed by atoms with Crippen molar-refractivity contribution in [3.05, 3.63) is 29.1 Å². The SMILES string of the molecule is COc1cc(F)c(CC2CCCNC2)cc1C. The molecule has 1 aliphatic heterocycles. The Morgan fingerprint density at radius 1 is 1.47 bits per heavy atom. The lowest BCUT2D eigenvalue weighted by Gasteiger charge is -2.23. The third-order valence-corrected chi connectivity index (χ3v) is 3.47. The molecule has 0 aliphatic carbocycles. The molecule has 1 saturated heterocycles. The molecule has 1 N–H and O–H groups in total. The minimum atomic E-state index is -0.141. The molecule has 2 nitrogen and oxygen atoms in total. The van der Waals surface area contributed by atoms with E-state index in [0.717, 1.165) is 30.6 Å². The summed E-state index contributed by atoms with van der Waals surface area (Å²) in [5.74, 6) is 1.05. The van der Waals surface area contributed by atoms with Crippen LogP contribution < -0.4 is 10.1 Å². The maximum Gasteiger partial charge on any atom is 0.130 e. The molecule has 1 aliphatic rings. The zero-order valence-electron chi connectivity index (χ0n) is 10.6. The number of halogens is 1. The number of methoxy groups -OCH3 is 1. The molecule has 3 heteroatoms. The van der Waals surface area contributed by atoms with E-state index >= 15 is 0 Å². The number of aryl methyl sites for hydroxylation is 1. The number of hydrogen-bond donors (Lipinski definition) is 1. The summed E-state index contributed by atoms with van der Waals surface area (Å²) in [6.45, 7) is 4.06. The average molecular weight is 237 g/mol. The molecule has 1 atom stereocenters. The van der Waals surface area contributed by atoms with Crippen LogP contribution in [0.15, 0.2) is 12.1 Å². The monoisotopic (exact) mass is 237 g/mol. The second-order valence-electron chi connectivity index (χ2n) is 4.83. The van der Waals surface area contributed by atoms with E-state index in [1.807, 2.05) is 13.0 Å². The highest BCUT2D eigenvalue weighted by molar-refractivity contribution is 5.37. The van der Waals surface area contributed by atoms with Gasteiger partial charge in [0.1, 0.15) is 11.6 Å². The Morgan fingerprint density at radius 2 is 2.29 bits per heavy atom. The van der Waals surface area contributed by atoms with Gasteiger partial charge in [0.05, 0.1) is 7.11 Å². The third kappa shape index (κ3) is 2.97. The van der Waals surface area contributed by atoms with Crippen LogP contribution in [0.5, 0.6) is 5.75 Å². The van der Waals surface area contributed by atoms with E-state index in [0.29, 0.717) is 11.7 Å². The number of nitrogens with one attached hydrogen (secondary N) is 1. The van der Waals surface area contributed by atoms with Crippen LogP contribution in [0.3, 0.4) is 0 Å². The van der Waals surface area contributed by atoms with Crippen LogP contribution >= 0.6 is 0 Å². The molecular formula is C14H20FNO. The van der Waals surface area contributed by atoms with Crippen molar-refractivity contribution in [3.63, 3.8) is 0 Å². The summed E-state index contributed by atoms with van der Waals surface area (Å²) in [5.41, 5.74) is 1.82. The van der Waals surface area contributed by atoms with Gasteiger partial charge in [0.15, 0.2) is 0 Å². The molecule has 0 radical (unpaired) electrons.